The first kappa shape index (κ1) is 24.3. The molecule has 2 aromatic carbocycles. The van der Waals surface area contributed by atoms with Crippen LogP contribution in [-0.4, -0.2) is 40.6 Å². The number of aryl methyl sites for hydroxylation is 2. The van der Waals surface area contributed by atoms with Gasteiger partial charge in [-0.25, -0.2) is 4.98 Å². The average Bonchev–Trinajstić information content (AvgIpc) is 3.39. The van der Waals surface area contributed by atoms with Gasteiger partial charge in [0, 0.05) is 18.3 Å². The lowest BCUT2D eigenvalue weighted by molar-refractivity contribution is 0.306. The Bertz CT molecular complexity index is 1370. The van der Waals surface area contributed by atoms with Gasteiger partial charge >= 0.3 is 0 Å². The van der Waals surface area contributed by atoms with Gasteiger partial charge in [-0.05, 0) is 65.9 Å². The molecule has 35 heavy (non-hydrogen) atoms. The van der Waals surface area contributed by atoms with Crippen LogP contribution in [0.15, 0.2) is 65.8 Å². The Hall–Kier alpha value is -3.79. The lowest BCUT2D eigenvalue weighted by Crippen LogP contribution is -2.35. The van der Waals surface area contributed by atoms with Gasteiger partial charge < -0.3 is 4.74 Å². The summed E-state index contributed by atoms with van der Waals surface area (Å²) in [5.74, 6) is 1.09. The first-order valence-electron chi connectivity index (χ1n) is 11.3. The van der Waals surface area contributed by atoms with E-state index < -0.39 is 10.0 Å². The predicted octanol–water partition coefficient (Wildman–Crippen LogP) is 4.31. The Balaban J connectivity index is 1.67. The minimum Gasteiger partial charge on any atom is -0.487 e. The Labute approximate surface area is 205 Å². The number of H-pyrrole nitrogens is 1. The third-order valence-electron chi connectivity index (χ3n) is 5.52. The standard InChI is InChI=1S/C25H28N6O3S/c1-17(2)15-31(35(32,33)24-7-5-6-12-26-24)22-13-18(3)19(4)14-23(22)34-16-20-8-10-21(11-9-20)25-27-29-30-28-25/h5-14,17H,15-16H2,1-4H3,(H,27,28,29,30). The Kier molecular flexibility index (Phi) is 7.11. The van der Waals surface area contributed by atoms with Crippen LogP contribution in [0.1, 0.15) is 30.5 Å². The summed E-state index contributed by atoms with van der Waals surface area (Å²) in [5.41, 5.74) is 4.23. The summed E-state index contributed by atoms with van der Waals surface area (Å²) in [5, 5.41) is 14.0. The summed E-state index contributed by atoms with van der Waals surface area (Å²) < 4.78 is 34.9. The molecule has 182 valence electrons. The van der Waals surface area contributed by atoms with Crippen molar-refractivity contribution in [2.24, 2.45) is 5.92 Å². The van der Waals surface area contributed by atoms with E-state index in [2.05, 4.69) is 25.6 Å². The number of tetrazole rings is 1. The monoisotopic (exact) mass is 492 g/mol. The van der Waals surface area contributed by atoms with Crippen molar-refractivity contribution >= 4 is 15.7 Å². The lowest BCUT2D eigenvalue weighted by atomic mass is 10.1. The molecule has 0 unspecified atom stereocenters. The van der Waals surface area contributed by atoms with E-state index in [1.807, 2.05) is 64.1 Å². The van der Waals surface area contributed by atoms with Crippen LogP contribution in [0.5, 0.6) is 5.75 Å². The van der Waals surface area contributed by atoms with Crippen LogP contribution in [-0.2, 0) is 16.6 Å². The van der Waals surface area contributed by atoms with Crippen molar-refractivity contribution in [2.75, 3.05) is 10.8 Å². The van der Waals surface area contributed by atoms with Crippen molar-refractivity contribution in [3.05, 3.63) is 77.5 Å². The number of aromatic amines is 1. The molecular weight excluding hydrogens is 464 g/mol. The fourth-order valence-corrected chi connectivity index (χ4v) is 5.12. The smallest absolute Gasteiger partial charge is 0.281 e. The summed E-state index contributed by atoms with van der Waals surface area (Å²) in [6, 6.07) is 16.3. The summed E-state index contributed by atoms with van der Waals surface area (Å²) in [6.07, 6.45) is 1.48. The first-order chi connectivity index (χ1) is 16.8. The predicted molar refractivity (Wildman–Crippen MR) is 133 cm³/mol. The molecule has 0 amide bonds. The molecule has 4 aromatic rings. The number of benzene rings is 2. The summed E-state index contributed by atoms with van der Waals surface area (Å²) in [4.78, 5) is 4.11. The molecule has 2 aromatic heterocycles. The van der Waals surface area contributed by atoms with Crippen molar-refractivity contribution in [1.29, 1.82) is 0 Å². The number of hydrogen-bond donors (Lipinski definition) is 1. The maximum atomic E-state index is 13.6. The number of nitrogens with zero attached hydrogens (tertiary/aromatic N) is 5. The molecular formula is C25H28N6O3S. The van der Waals surface area contributed by atoms with Crippen molar-refractivity contribution in [3.8, 4) is 17.1 Å². The molecule has 0 aliphatic rings. The summed E-state index contributed by atoms with van der Waals surface area (Å²) in [6.45, 7) is 8.45. The molecule has 0 radical (unpaired) electrons. The van der Waals surface area contributed by atoms with E-state index in [0.29, 0.717) is 17.3 Å². The van der Waals surface area contributed by atoms with Crippen molar-refractivity contribution in [3.63, 3.8) is 0 Å². The van der Waals surface area contributed by atoms with Gasteiger partial charge in [0.05, 0.1) is 5.69 Å². The van der Waals surface area contributed by atoms with Gasteiger partial charge in [0.15, 0.2) is 5.03 Å². The maximum absolute atomic E-state index is 13.6. The van der Waals surface area contributed by atoms with Crippen LogP contribution in [0.4, 0.5) is 5.69 Å². The zero-order valence-electron chi connectivity index (χ0n) is 20.1. The van der Waals surface area contributed by atoms with Crippen molar-refractivity contribution < 1.29 is 13.2 Å². The van der Waals surface area contributed by atoms with Gasteiger partial charge in [-0.15, -0.1) is 10.2 Å². The first-order valence-corrected chi connectivity index (χ1v) is 12.7. The Morgan fingerprint density at radius 3 is 2.40 bits per heavy atom. The zero-order valence-corrected chi connectivity index (χ0v) is 21.0. The number of ether oxygens (including phenoxy) is 1. The minimum absolute atomic E-state index is 0.00174. The normalized spacial score (nSPS) is 11.6. The summed E-state index contributed by atoms with van der Waals surface area (Å²) >= 11 is 0. The molecule has 0 saturated heterocycles. The highest BCUT2D eigenvalue weighted by molar-refractivity contribution is 7.92. The second kappa shape index (κ2) is 10.2. The summed E-state index contributed by atoms with van der Waals surface area (Å²) in [7, 11) is -3.90. The van der Waals surface area contributed by atoms with Gasteiger partial charge in [-0.1, -0.05) is 44.2 Å². The zero-order chi connectivity index (χ0) is 25.0. The molecule has 10 heteroatoms. The Morgan fingerprint density at radius 2 is 1.77 bits per heavy atom. The number of rotatable bonds is 9. The molecule has 9 nitrogen and oxygen atoms in total. The second-order valence-electron chi connectivity index (χ2n) is 8.72. The maximum Gasteiger partial charge on any atom is 0.281 e. The van der Waals surface area contributed by atoms with Crippen molar-refractivity contribution in [2.45, 2.75) is 39.3 Å². The number of anilines is 1. The number of hydrogen-bond acceptors (Lipinski definition) is 7. The number of sulfonamides is 1. The molecule has 0 aliphatic carbocycles. The quantitative estimate of drug-likeness (QED) is 0.370. The van der Waals surface area contributed by atoms with E-state index in [1.165, 1.54) is 16.6 Å². The highest BCUT2D eigenvalue weighted by Crippen LogP contribution is 2.36. The molecule has 0 bridgehead atoms. The second-order valence-corrected chi connectivity index (χ2v) is 10.5. The minimum atomic E-state index is -3.90. The Morgan fingerprint density at radius 1 is 1.03 bits per heavy atom. The van der Waals surface area contributed by atoms with E-state index in [4.69, 9.17) is 4.74 Å². The van der Waals surface area contributed by atoms with Gasteiger partial charge in [-0.2, -0.15) is 13.6 Å². The number of nitrogens with one attached hydrogen (secondary N) is 1. The van der Waals surface area contributed by atoms with E-state index in [0.717, 1.165) is 22.3 Å². The van der Waals surface area contributed by atoms with Crippen LogP contribution in [0.25, 0.3) is 11.4 Å². The third kappa shape index (κ3) is 5.48. The molecule has 0 fully saturated rings. The van der Waals surface area contributed by atoms with Gasteiger partial charge in [-0.3, -0.25) is 4.31 Å². The SMILES string of the molecule is Cc1cc(OCc2ccc(-c3nn[nH]n3)cc2)c(N(CC(C)C)S(=O)(=O)c2ccccn2)cc1C. The van der Waals surface area contributed by atoms with Gasteiger partial charge in [0.1, 0.15) is 12.4 Å². The highest BCUT2D eigenvalue weighted by atomic mass is 32.2. The lowest BCUT2D eigenvalue weighted by Gasteiger charge is -2.28. The van der Waals surface area contributed by atoms with E-state index in [9.17, 15) is 8.42 Å². The van der Waals surface area contributed by atoms with Crippen LogP contribution in [0.2, 0.25) is 0 Å². The molecule has 0 saturated carbocycles. The number of aromatic nitrogens is 5. The third-order valence-corrected chi connectivity index (χ3v) is 7.22. The van der Waals surface area contributed by atoms with Gasteiger partial charge in [0.2, 0.25) is 5.82 Å². The van der Waals surface area contributed by atoms with Crippen LogP contribution in [0.3, 0.4) is 0 Å². The van der Waals surface area contributed by atoms with E-state index >= 15 is 0 Å². The number of pyridine rings is 1. The molecule has 1 N–H and O–H groups in total. The molecule has 0 aliphatic heterocycles. The fourth-order valence-electron chi connectivity index (χ4n) is 3.55. The molecule has 4 rings (SSSR count). The average molecular weight is 493 g/mol. The van der Waals surface area contributed by atoms with Gasteiger partial charge in [0.25, 0.3) is 10.0 Å². The largest absolute Gasteiger partial charge is 0.487 e. The van der Waals surface area contributed by atoms with Crippen LogP contribution in [0, 0.1) is 19.8 Å². The highest BCUT2D eigenvalue weighted by Gasteiger charge is 2.29. The van der Waals surface area contributed by atoms with Crippen LogP contribution >= 0.6 is 0 Å². The molecule has 2 heterocycles. The van der Waals surface area contributed by atoms with Crippen molar-refractivity contribution in [1.82, 2.24) is 25.6 Å². The molecule has 0 spiro atoms. The van der Waals surface area contributed by atoms with Crippen LogP contribution < -0.4 is 9.04 Å². The fraction of sp³-hybridized carbons (Fsp3) is 0.280. The van der Waals surface area contributed by atoms with E-state index in [1.54, 1.807) is 12.1 Å². The van der Waals surface area contributed by atoms with E-state index in [-0.39, 0.29) is 24.1 Å². The molecule has 0 atom stereocenters. The topological polar surface area (TPSA) is 114 Å².